The normalized spacial score (nSPS) is 10.6. The summed E-state index contributed by atoms with van der Waals surface area (Å²) in [5.41, 5.74) is 2.62. The SMILES string of the molecule is COc1c(CNC(=O)NCc2nc(C)sc2C)c(C)nn1C. The van der Waals surface area contributed by atoms with Gasteiger partial charge in [0.05, 0.1) is 42.2 Å². The van der Waals surface area contributed by atoms with E-state index in [1.165, 1.54) is 0 Å². The molecule has 8 heteroatoms. The molecule has 120 valence electrons. The molecular formula is C14H21N5O2S. The highest BCUT2D eigenvalue weighted by Gasteiger charge is 2.14. The summed E-state index contributed by atoms with van der Waals surface area (Å²) in [6.45, 7) is 6.63. The number of ether oxygens (including phenoxy) is 1. The molecule has 0 aromatic carbocycles. The smallest absolute Gasteiger partial charge is 0.315 e. The van der Waals surface area contributed by atoms with Gasteiger partial charge < -0.3 is 15.4 Å². The highest BCUT2D eigenvalue weighted by molar-refractivity contribution is 7.11. The van der Waals surface area contributed by atoms with E-state index >= 15 is 0 Å². The summed E-state index contributed by atoms with van der Waals surface area (Å²) in [5, 5.41) is 10.9. The van der Waals surface area contributed by atoms with Gasteiger partial charge in [-0.15, -0.1) is 11.3 Å². The van der Waals surface area contributed by atoms with E-state index in [-0.39, 0.29) is 6.03 Å². The number of hydrogen-bond donors (Lipinski definition) is 2. The summed E-state index contributed by atoms with van der Waals surface area (Å²) in [7, 11) is 3.40. The van der Waals surface area contributed by atoms with E-state index in [0.29, 0.717) is 19.0 Å². The van der Waals surface area contributed by atoms with Gasteiger partial charge in [-0.1, -0.05) is 0 Å². The van der Waals surface area contributed by atoms with Crippen LogP contribution in [0.5, 0.6) is 5.88 Å². The van der Waals surface area contributed by atoms with Crippen molar-refractivity contribution in [1.82, 2.24) is 25.4 Å². The van der Waals surface area contributed by atoms with Crippen molar-refractivity contribution in [2.75, 3.05) is 7.11 Å². The molecule has 0 aliphatic carbocycles. The lowest BCUT2D eigenvalue weighted by atomic mass is 10.2. The van der Waals surface area contributed by atoms with Gasteiger partial charge in [0, 0.05) is 11.9 Å². The first-order chi connectivity index (χ1) is 10.4. The maximum atomic E-state index is 11.9. The number of methoxy groups -OCH3 is 1. The van der Waals surface area contributed by atoms with Crippen LogP contribution in [0.4, 0.5) is 4.79 Å². The van der Waals surface area contributed by atoms with Crippen LogP contribution in [0.25, 0.3) is 0 Å². The Morgan fingerprint density at radius 1 is 1.27 bits per heavy atom. The Balaban J connectivity index is 1.89. The third kappa shape index (κ3) is 3.56. The Morgan fingerprint density at radius 2 is 1.95 bits per heavy atom. The molecule has 2 heterocycles. The zero-order valence-corrected chi connectivity index (χ0v) is 14.3. The lowest BCUT2D eigenvalue weighted by molar-refractivity contribution is 0.240. The summed E-state index contributed by atoms with van der Waals surface area (Å²) in [4.78, 5) is 17.4. The van der Waals surface area contributed by atoms with Crippen LogP contribution < -0.4 is 15.4 Å². The second-order valence-corrected chi connectivity index (χ2v) is 6.38. The summed E-state index contributed by atoms with van der Waals surface area (Å²) in [5.74, 6) is 0.656. The molecule has 0 saturated carbocycles. The fourth-order valence-electron chi connectivity index (χ4n) is 2.27. The van der Waals surface area contributed by atoms with Gasteiger partial charge in [-0.05, 0) is 20.8 Å². The number of nitrogens with zero attached hydrogens (tertiary/aromatic N) is 3. The minimum Gasteiger partial charge on any atom is -0.481 e. The van der Waals surface area contributed by atoms with Crippen LogP contribution in [0.2, 0.25) is 0 Å². The third-order valence-corrected chi connectivity index (χ3v) is 4.25. The fourth-order valence-corrected chi connectivity index (χ4v) is 3.11. The molecule has 0 fully saturated rings. The van der Waals surface area contributed by atoms with Crippen molar-refractivity contribution < 1.29 is 9.53 Å². The Morgan fingerprint density at radius 3 is 2.55 bits per heavy atom. The zero-order chi connectivity index (χ0) is 16.3. The standard InChI is InChI=1S/C14H21N5O2S/c1-8-11(13(21-5)19(4)18-8)6-15-14(20)16-7-12-9(2)22-10(3)17-12/h6-7H2,1-5H3,(H2,15,16,20). The molecule has 0 bridgehead atoms. The van der Waals surface area contributed by atoms with Crippen LogP contribution in [0.3, 0.4) is 0 Å². The number of thiazole rings is 1. The number of urea groups is 1. The van der Waals surface area contributed by atoms with Crippen LogP contribution in [0.1, 0.15) is 26.8 Å². The molecule has 0 unspecified atom stereocenters. The Kier molecular flexibility index (Phi) is 5.02. The molecule has 2 rings (SSSR count). The Bertz CT molecular complexity index is 677. The predicted octanol–water partition coefficient (Wildman–Crippen LogP) is 1.81. The molecule has 0 saturated heterocycles. The summed E-state index contributed by atoms with van der Waals surface area (Å²) in [6, 6.07) is -0.240. The molecule has 2 N–H and O–H groups in total. The molecular weight excluding hydrogens is 302 g/mol. The number of hydrogen-bond acceptors (Lipinski definition) is 5. The molecule has 0 atom stereocenters. The molecule has 2 aromatic rings. The molecule has 0 aliphatic rings. The monoisotopic (exact) mass is 323 g/mol. The van der Waals surface area contributed by atoms with E-state index in [4.69, 9.17) is 4.74 Å². The number of nitrogens with one attached hydrogen (secondary N) is 2. The Hall–Kier alpha value is -2.09. The highest BCUT2D eigenvalue weighted by Crippen LogP contribution is 2.20. The number of amides is 2. The fraction of sp³-hybridized carbons (Fsp3) is 0.500. The molecule has 0 spiro atoms. The van der Waals surface area contributed by atoms with E-state index < -0.39 is 0 Å². The molecule has 2 amide bonds. The van der Waals surface area contributed by atoms with Gasteiger partial charge in [-0.2, -0.15) is 5.10 Å². The van der Waals surface area contributed by atoms with Crippen molar-refractivity contribution in [3.05, 3.63) is 26.8 Å². The molecule has 7 nitrogen and oxygen atoms in total. The third-order valence-electron chi connectivity index (χ3n) is 3.32. The largest absolute Gasteiger partial charge is 0.481 e. The number of rotatable bonds is 5. The maximum Gasteiger partial charge on any atom is 0.315 e. The van der Waals surface area contributed by atoms with E-state index in [1.54, 1.807) is 23.1 Å². The highest BCUT2D eigenvalue weighted by atomic mass is 32.1. The number of carbonyl (C=O) groups is 1. The van der Waals surface area contributed by atoms with Crippen molar-refractivity contribution in [1.29, 1.82) is 0 Å². The van der Waals surface area contributed by atoms with Crippen LogP contribution in [-0.4, -0.2) is 27.9 Å². The topological polar surface area (TPSA) is 81.1 Å². The first-order valence-corrected chi connectivity index (χ1v) is 7.75. The van der Waals surface area contributed by atoms with E-state index in [2.05, 4.69) is 20.7 Å². The van der Waals surface area contributed by atoms with Gasteiger partial charge in [0.2, 0.25) is 5.88 Å². The second-order valence-electron chi connectivity index (χ2n) is 4.97. The molecule has 0 radical (unpaired) electrons. The average Bonchev–Trinajstić information content (AvgIpc) is 2.92. The van der Waals surface area contributed by atoms with Gasteiger partial charge in [0.1, 0.15) is 0 Å². The van der Waals surface area contributed by atoms with Crippen LogP contribution in [0.15, 0.2) is 0 Å². The molecule has 2 aromatic heterocycles. The number of aryl methyl sites for hydroxylation is 4. The zero-order valence-electron chi connectivity index (χ0n) is 13.5. The minimum atomic E-state index is -0.240. The lowest BCUT2D eigenvalue weighted by Crippen LogP contribution is -2.35. The van der Waals surface area contributed by atoms with Crippen molar-refractivity contribution in [2.24, 2.45) is 7.05 Å². The van der Waals surface area contributed by atoms with E-state index in [9.17, 15) is 4.79 Å². The molecule has 22 heavy (non-hydrogen) atoms. The van der Waals surface area contributed by atoms with Gasteiger partial charge in [-0.25, -0.2) is 14.5 Å². The summed E-state index contributed by atoms with van der Waals surface area (Å²) in [6.07, 6.45) is 0. The molecule has 0 aliphatic heterocycles. The first-order valence-electron chi connectivity index (χ1n) is 6.93. The quantitative estimate of drug-likeness (QED) is 0.879. The van der Waals surface area contributed by atoms with Crippen molar-refractivity contribution >= 4 is 17.4 Å². The van der Waals surface area contributed by atoms with Crippen molar-refractivity contribution in [3.8, 4) is 5.88 Å². The van der Waals surface area contributed by atoms with Gasteiger partial charge in [0.15, 0.2) is 0 Å². The average molecular weight is 323 g/mol. The predicted molar refractivity (Wildman–Crippen MR) is 85.2 cm³/mol. The summed E-state index contributed by atoms with van der Waals surface area (Å²) >= 11 is 1.63. The van der Waals surface area contributed by atoms with Crippen LogP contribution in [0, 0.1) is 20.8 Å². The number of carbonyl (C=O) groups excluding carboxylic acids is 1. The second kappa shape index (κ2) is 6.78. The van der Waals surface area contributed by atoms with Gasteiger partial charge in [0.25, 0.3) is 0 Å². The van der Waals surface area contributed by atoms with E-state index in [0.717, 1.165) is 26.8 Å². The number of aromatic nitrogens is 3. The Labute approximate surface area is 133 Å². The van der Waals surface area contributed by atoms with Crippen molar-refractivity contribution in [2.45, 2.75) is 33.9 Å². The summed E-state index contributed by atoms with van der Waals surface area (Å²) < 4.78 is 6.96. The maximum absolute atomic E-state index is 11.9. The van der Waals surface area contributed by atoms with Gasteiger partial charge in [-0.3, -0.25) is 0 Å². The first kappa shape index (κ1) is 16.3. The van der Waals surface area contributed by atoms with Crippen molar-refractivity contribution in [3.63, 3.8) is 0 Å². The van der Waals surface area contributed by atoms with E-state index in [1.807, 2.05) is 27.8 Å². The van der Waals surface area contributed by atoms with Crippen LogP contribution in [-0.2, 0) is 20.1 Å². The van der Waals surface area contributed by atoms with Gasteiger partial charge >= 0.3 is 6.03 Å². The minimum absolute atomic E-state index is 0.240. The van der Waals surface area contributed by atoms with Crippen LogP contribution >= 0.6 is 11.3 Å². The lowest BCUT2D eigenvalue weighted by Gasteiger charge is -2.08.